The summed E-state index contributed by atoms with van der Waals surface area (Å²) in [4.78, 5) is 20.4. The predicted octanol–water partition coefficient (Wildman–Crippen LogP) is 7.22. The van der Waals surface area contributed by atoms with Crippen LogP contribution in [0, 0.1) is 0 Å². The van der Waals surface area contributed by atoms with E-state index in [9.17, 15) is 9.59 Å². The van der Waals surface area contributed by atoms with E-state index in [1.165, 1.54) is 90.6 Å². The maximum atomic E-state index is 10.3. The Morgan fingerprint density at radius 1 is 0.655 bits per heavy atom. The molecule has 5 nitrogen and oxygen atoms in total. The van der Waals surface area contributed by atoms with Gasteiger partial charge in [0.05, 0.1) is 12.5 Å². The topological polar surface area (TPSA) is 83.8 Å². The molecule has 0 aromatic rings. The zero-order chi connectivity index (χ0) is 22.2. The van der Waals surface area contributed by atoms with Gasteiger partial charge in [0.15, 0.2) is 0 Å². The Labute approximate surface area is 179 Å². The summed E-state index contributed by atoms with van der Waals surface area (Å²) in [5.74, 6) is -1.46. The second-order valence-corrected chi connectivity index (χ2v) is 7.96. The highest BCUT2D eigenvalue weighted by Crippen LogP contribution is 2.13. The lowest BCUT2D eigenvalue weighted by Crippen LogP contribution is -2.14. The number of carboxylic acids is 2. The molecule has 174 valence electrons. The van der Waals surface area contributed by atoms with Crippen molar-refractivity contribution in [2.24, 2.45) is 0 Å². The van der Waals surface area contributed by atoms with Crippen molar-refractivity contribution < 1.29 is 24.5 Å². The van der Waals surface area contributed by atoms with Crippen LogP contribution in [0.25, 0.3) is 0 Å². The van der Waals surface area contributed by atoms with E-state index >= 15 is 0 Å². The third-order valence-corrected chi connectivity index (χ3v) is 5.19. The molecule has 0 radical (unpaired) electrons. The van der Waals surface area contributed by atoms with Crippen LogP contribution in [0.4, 0.5) is 0 Å². The first-order valence-corrected chi connectivity index (χ1v) is 11.9. The first-order valence-electron chi connectivity index (χ1n) is 11.9. The van der Waals surface area contributed by atoms with Crippen molar-refractivity contribution in [3.63, 3.8) is 0 Å². The molecule has 0 aromatic carbocycles. The highest BCUT2D eigenvalue weighted by molar-refractivity contribution is 5.67. The van der Waals surface area contributed by atoms with Crippen molar-refractivity contribution in [1.29, 1.82) is 0 Å². The third kappa shape index (κ3) is 29.2. The minimum Gasteiger partial charge on any atom is -0.481 e. The third-order valence-electron chi connectivity index (χ3n) is 5.19. The Hall–Kier alpha value is -1.10. The van der Waals surface area contributed by atoms with E-state index in [0.717, 1.165) is 19.3 Å². The van der Waals surface area contributed by atoms with Crippen LogP contribution in [-0.2, 0) is 14.3 Å². The van der Waals surface area contributed by atoms with Crippen LogP contribution in [0.2, 0.25) is 0 Å². The Bertz CT molecular complexity index is 353. The zero-order valence-corrected chi connectivity index (χ0v) is 19.4. The van der Waals surface area contributed by atoms with Crippen LogP contribution in [0.15, 0.2) is 0 Å². The molecule has 5 heteroatoms. The number of rotatable bonds is 20. The molecular formula is C24H48O5. The zero-order valence-electron chi connectivity index (χ0n) is 19.4. The van der Waals surface area contributed by atoms with Gasteiger partial charge in [0.25, 0.3) is 0 Å². The van der Waals surface area contributed by atoms with Gasteiger partial charge in [0.2, 0.25) is 0 Å². The van der Waals surface area contributed by atoms with E-state index in [2.05, 4.69) is 6.92 Å². The Kier molecular flexibility index (Phi) is 25.9. The normalized spacial score (nSPS) is 11.6. The first kappa shape index (κ1) is 30.1. The van der Waals surface area contributed by atoms with Crippen LogP contribution in [0.3, 0.4) is 0 Å². The van der Waals surface area contributed by atoms with E-state index < -0.39 is 11.9 Å². The number of aliphatic carboxylic acids is 2. The van der Waals surface area contributed by atoms with Gasteiger partial charge in [-0.05, 0) is 12.8 Å². The van der Waals surface area contributed by atoms with Gasteiger partial charge in [0.1, 0.15) is 0 Å². The van der Waals surface area contributed by atoms with Crippen LogP contribution < -0.4 is 0 Å². The summed E-state index contributed by atoms with van der Waals surface area (Å²) in [6.07, 6.45) is 20.9. The molecule has 2 N–H and O–H groups in total. The van der Waals surface area contributed by atoms with Gasteiger partial charge < -0.3 is 14.9 Å². The lowest BCUT2D eigenvalue weighted by atomic mass is 10.0. The molecule has 0 spiro atoms. The lowest BCUT2D eigenvalue weighted by molar-refractivity contribution is -0.140. The minimum absolute atomic E-state index is 0.104. The first-order chi connectivity index (χ1) is 14.0. The summed E-state index contributed by atoms with van der Waals surface area (Å²) < 4.78 is 4.83. The molecule has 29 heavy (non-hydrogen) atoms. The molecule has 0 aliphatic heterocycles. The van der Waals surface area contributed by atoms with E-state index in [4.69, 9.17) is 14.9 Å². The maximum Gasteiger partial charge on any atom is 0.305 e. The molecule has 0 aliphatic rings. The number of methoxy groups -OCH3 is 1. The number of unbranched alkanes of at least 4 members (excludes halogenated alkanes) is 14. The molecule has 0 saturated heterocycles. The van der Waals surface area contributed by atoms with E-state index in [1.54, 1.807) is 0 Å². The Morgan fingerprint density at radius 2 is 1.03 bits per heavy atom. The molecule has 0 rings (SSSR count). The molecule has 0 aromatic heterocycles. The van der Waals surface area contributed by atoms with Crippen LogP contribution in [0.5, 0.6) is 0 Å². The van der Waals surface area contributed by atoms with Gasteiger partial charge in [0, 0.05) is 13.5 Å². The summed E-state index contributed by atoms with van der Waals surface area (Å²) in [6, 6.07) is 0. The summed E-state index contributed by atoms with van der Waals surface area (Å²) in [5, 5.41) is 16.8. The molecular weight excluding hydrogens is 368 g/mol. The van der Waals surface area contributed by atoms with Crippen molar-refractivity contribution in [1.82, 2.24) is 0 Å². The smallest absolute Gasteiger partial charge is 0.305 e. The SMILES string of the molecule is CCC(CC(=O)O)OC.CCCCCCCCCCCCCCCCCC(=O)O. The van der Waals surface area contributed by atoms with E-state index in [0.29, 0.717) is 6.42 Å². The van der Waals surface area contributed by atoms with Gasteiger partial charge in [-0.1, -0.05) is 104 Å². The van der Waals surface area contributed by atoms with Crippen molar-refractivity contribution in [2.45, 2.75) is 136 Å². The fourth-order valence-electron chi connectivity index (χ4n) is 3.24. The molecule has 0 heterocycles. The van der Waals surface area contributed by atoms with E-state index in [1.807, 2.05) is 6.92 Å². The number of hydrogen-bond acceptors (Lipinski definition) is 3. The monoisotopic (exact) mass is 416 g/mol. The maximum absolute atomic E-state index is 10.3. The standard InChI is InChI=1S/C18H36O2.C6H12O3/c1-2-3-4-5-6-7-8-9-10-11-12-13-14-15-16-17-18(19)20;1-3-5(9-2)4-6(7)8/h2-17H2,1H3,(H,19,20);5H,3-4H2,1-2H3,(H,7,8). The van der Waals surface area contributed by atoms with Gasteiger partial charge >= 0.3 is 11.9 Å². The number of carbonyl (C=O) groups is 2. The highest BCUT2D eigenvalue weighted by atomic mass is 16.5. The molecule has 0 saturated carbocycles. The average molecular weight is 417 g/mol. The molecule has 0 aliphatic carbocycles. The summed E-state index contributed by atoms with van der Waals surface area (Å²) in [6.45, 7) is 4.17. The fourth-order valence-corrected chi connectivity index (χ4v) is 3.24. The van der Waals surface area contributed by atoms with Crippen LogP contribution >= 0.6 is 0 Å². The van der Waals surface area contributed by atoms with Gasteiger partial charge in [-0.2, -0.15) is 0 Å². The van der Waals surface area contributed by atoms with Crippen molar-refractivity contribution in [3.05, 3.63) is 0 Å². The van der Waals surface area contributed by atoms with Gasteiger partial charge in [-0.3, -0.25) is 9.59 Å². The van der Waals surface area contributed by atoms with Crippen molar-refractivity contribution in [3.8, 4) is 0 Å². The fraction of sp³-hybridized carbons (Fsp3) is 0.917. The molecule has 0 fully saturated rings. The second-order valence-electron chi connectivity index (χ2n) is 7.96. The molecule has 0 bridgehead atoms. The average Bonchev–Trinajstić information content (AvgIpc) is 2.69. The highest BCUT2D eigenvalue weighted by Gasteiger charge is 2.08. The van der Waals surface area contributed by atoms with Gasteiger partial charge in [-0.15, -0.1) is 0 Å². The molecule has 0 amide bonds. The Balaban J connectivity index is 0. The number of ether oxygens (including phenoxy) is 1. The summed E-state index contributed by atoms with van der Waals surface area (Å²) >= 11 is 0. The Morgan fingerprint density at radius 3 is 1.28 bits per heavy atom. The quantitative estimate of drug-likeness (QED) is 0.205. The second kappa shape index (κ2) is 24.9. The van der Waals surface area contributed by atoms with E-state index in [-0.39, 0.29) is 12.5 Å². The minimum atomic E-state index is -0.802. The van der Waals surface area contributed by atoms with Crippen LogP contribution in [0.1, 0.15) is 129 Å². The predicted molar refractivity (Wildman–Crippen MR) is 121 cm³/mol. The lowest BCUT2D eigenvalue weighted by Gasteiger charge is -2.07. The molecule has 1 atom stereocenters. The largest absolute Gasteiger partial charge is 0.481 e. The number of hydrogen-bond donors (Lipinski definition) is 2. The van der Waals surface area contributed by atoms with Gasteiger partial charge in [-0.25, -0.2) is 0 Å². The summed E-state index contributed by atoms with van der Waals surface area (Å²) in [5.41, 5.74) is 0. The molecule has 1 unspecified atom stereocenters. The van der Waals surface area contributed by atoms with Crippen LogP contribution in [-0.4, -0.2) is 35.4 Å². The summed E-state index contributed by atoms with van der Waals surface area (Å²) in [7, 11) is 1.52. The van der Waals surface area contributed by atoms with Crippen molar-refractivity contribution in [2.75, 3.05) is 7.11 Å². The van der Waals surface area contributed by atoms with Crippen molar-refractivity contribution >= 4 is 11.9 Å². The number of carboxylic acid groups (broad SMARTS) is 2.